The molecule has 1 unspecified atom stereocenters. The number of hydrogen-bond donors (Lipinski definition) is 1. The topological polar surface area (TPSA) is 26.0 Å². The van der Waals surface area contributed by atoms with Crippen molar-refractivity contribution in [1.29, 1.82) is 0 Å². The Morgan fingerprint density at radius 1 is 1.44 bits per heavy atom. The summed E-state index contributed by atoms with van der Waals surface area (Å²) in [5.74, 6) is 0.0680. The molecule has 1 rings (SSSR count). The van der Waals surface area contributed by atoms with Crippen LogP contribution in [-0.2, 0) is 6.42 Å². The van der Waals surface area contributed by atoms with Crippen molar-refractivity contribution >= 4 is 11.6 Å². The van der Waals surface area contributed by atoms with Crippen LogP contribution < -0.4 is 5.73 Å². The monoisotopic (exact) mass is 243 g/mol. The van der Waals surface area contributed by atoms with Gasteiger partial charge in [0.1, 0.15) is 5.82 Å². The summed E-state index contributed by atoms with van der Waals surface area (Å²) >= 11 is 6.04. The van der Waals surface area contributed by atoms with Gasteiger partial charge in [-0.25, -0.2) is 4.39 Å². The SMILES string of the molecule is CCC(N)(Cc1cc(F)ccc1Cl)C(C)C. The Bertz CT molecular complexity index is 365. The van der Waals surface area contributed by atoms with Gasteiger partial charge in [-0.05, 0) is 42.5 Å². The molecule has 0 saturated carbocycles. The standard InChI is InChI=1S/C13H19ClFN/c1-4-13(16,9(2)3)8-10-7-11(15)5-6-12(10)14/h5-7,9H,4,8,16H2,1-3H3. The van der Waals surface area contributed by atoms with E-state index in [-0.39, 0.29) is 11.4 Å². The molecule has 1 aromatic rings. The van der Waals surface area contributed by atoms with E-state index in [4.69, 9.17) is 17.3 Å². The van der Waals surface area contributed by atoms with Gasteiger partial charge in [0.05, 0.1) is 0 Å². The normalized spacial score (nSPS) is 15.2. The molecule has 0 amide bonds. The second-order valence-corrected chi connectivity index (χ2v) is 5.06. The van der Waals surface area contributed by atoms with Crippen molar-refractivity contribution in [3.05, 3.63) is 34.6 Å². The van der Waals surface area contributed by atoms with E-state index >= 15 is 0 Å². The van der Waals surface area contributed by atoms with E-state index in [0.29, 0.717) is 17.4 Å². The van der Waals surface area contributed by atoms with E-state index in [1.165, 1.54) is 12.1 Å². The van der Waals surface area contributed by atoms with Gasteiger partial charge in [-0.3, -0.25) is 0 Å². The van der Waals surface area contributed by atoms with Crippen LogP contribution in [0.1, 0.15) is 32.8 Å². The van der Waals surface area contributed by atoms with Crippen LogP contribution in [0.5, 0.6) is 0 Å². The average molecular weight is 244 g/mol. The zero-order valence-corrected chi connectivity index (χ0v) is 10.8. The molecule has 0 aromatic heterocycles. The fraction of sp³-hybridized carbons (Fsp3) is 0.538. The molecule has 0 aliphatic rings. The van der Waals surface area contributed by atoms with E-state index in [9.17, 15) is 4.39 Å². The lowest BCUT2D eigenvalue weighted by Gasteiger charge is -2.33. The molecule has 0 heterocycles. The highest BCUT2D eigenvalue weighted by Gasteiger charge is 2.28. The van der Waals surface area contributed by atoms with Crippen molar-refractivity contribution in [2.45, 2.75) is 39.2 Å². The Balaban J connectivity index is 2.98. The zero-order chi connectivity index (χ0) is 12.3. The lowest BCUT2D eigenvalue weighted by atomic mass is 9.80. The largest absolute Gasteiger partial charge is 0.325 e. The molecular weight excluding hydrogens is 225 g/mol. The second-order valence-electron chi connectivity index (χ2n) is 4.65. The van der Waals surface area contributed by atoms with Crippen LogP contribution >= 0.6 is 11.6 Å². The smallest absolute Gasteiger partial charge is 0.123 e. The molecule has 0 fully saturated rings. The summed E-state index contributed by atoms with van der Waals surface area (Å²) in [5.41, 5.74) is 6.78. The predicted octanol–water partition coefficient (Wildman–Crippen LogP) is 3.79. The minimum atomic E-state index is -0.322. The lowest BCUT2D eigenvalue weighted by Crippen LogP contribution is -2.46. The van der Waals surface area contributed by atoms with Gasteiger partial charge in [-0.2, -0.15) is 0 Å². The fourth-order valence-electron chi connectivity index (χ4n) is 1.77. The van der Waals surface area contributed by atoms with Crippen LogP contribution in [0, 0.1) is 11.7 Å². The molecule has 1 aromatic carbocycles. The molecular formula is C13H19ClFN. The highest BCUT2D eigenvalue weighted by molar-refractivity contribution is 6.31. The number of benzene rings is 1. The molecule has 0 saturated heterocycles. The maximum Gasteiger partial charge on any atom is 0.123 e. The molecule has 1 atom stereocenters. The van der Waals surface area contributed by atoms with Crippen LogP contribution in [0.2, 0.25) is 5.02 Å². The minimum absolute atomic E-state index is 0.262. The molecule has 2 N–H and O–H groups in total. The summed E-state index contributed by atoms with van der Waals surface area (Å²) in [6.07, 6.45) is 1.45. The first-order chi connectivity index (χ1) is 7.39. The third kappa shape index (κ3) is 2.96. The molecule has 90 valence electrons. The Kier molecular flexibility index (Phi) is 4.34. The summed E-state index contributed by atoms with van der Waals surface area (Å²) < 4.78 is 13.1. The highest BCUT2D eigenvalue weighted by Crippen LogP contribution is 2.27. The van der Waals surface area contributed by atoms with E-state index in [2.05, 4.69) is 13.8 Å². The van der Waals surface area contributed by atoms with Gasteiger partial charge in [0.2, 0.25) is 0 Å². The van der Waals surface area contributed by atoms with Crippen LogP contribution in [0.3, 0.4) is 0 Å². The summed E-state index contributed by atoms with van der Waals surface area (Å²) in [7, 11) is 0. The van der Waals surface area contributed by atoms with E-state index in [0.717, 1.165) is 12.0 Å². The van der Waals surface area contributed by atoms with Gasteiger partial charge in [0.15, 0.2) is 0 Å². The molecule has 0 spiro atoms. The van der Waals surface area contributed by atoms with Gasteiger partial charge in [-0.1, -0.05) is 32.4 Å². The van der Waals surface area contributed by atoms with Crippen molar-refractivity contribution in [2.75, 3.05) is 0 Å². The summed E-state index contributed by atoms with van der Waals surface area (Å²) in [5, 5.41) is 0.588. The van der Waals surface area contributed by atoms with Crippen molar-refractivity contribution in [3.63, 3.8) is 0 Å². The zero-order valence-electron chi connectivity index (χ0n) is 10.1. The number of rotatable bonds is 4. The molecule has 0 aliphatic heterocycles. The number of hydrogen-bond acceptors (Lipinski definition) is 1. The Morgan fingerprint density at radius 2 is 2.06 bits per heavy atom. The van der Waals surface area contributed by atoms with E-state index in [1.54, 1.807) is 6.07 Å². The van der Waals surface area contributed by atoms with Crippen LogP contribution in [0.4, 0.5) is 4.39 Å². The molecule has 3 heteroatoms. The number of nitrogens with two attached hydrogens (primary N) is 1. The van der Waals surface area contributed by atoms with Crippen molar-refractivity contribution in [2.24, 2.45) is 11.7 Å². The first-order valence-electron chi connectivity index (χ1n) is 5.62. The summed E-state index contributed by atoms with van der Waals surface area (Å²) in [6, 6.07) is 4.43. The Hall–Kier alpha value is -0.600. The highest BCUT2D eigenvalue weighted by atomic mass is 35.5. The van der Waals surface area contributed by atoms with Gasteiger partial charge < -0.3 is 5.73 Å². The van der Waals surface area contributed by atoms with Gasteiger partial charge >= 0.3 is 0 Å². The second kappa shape index (κ2) is 5.15. The molecule has 0 aliphatic carbocycles. The fourth-order valence-corrected chi connectivity index (χ4v) is 1.96. The van der Waals surface area contributed by atoms with Crippen molar-refractivity contribution in [3.8, 4) is 0 Å². The molecule has 0 radical (unpaired) electrons. The summed E-state index contributed by atoms with van der Waals surface area (Å²) in [4.78, 5) is 0. The van der Waals surface area contributed by atoms with Crippen molar-refractivity contribution in [1.82, 2.24) is 0 Å². The third-order valence-corrected chi connectivity index (χ3v) is 3.70. The maximum atomic E-state index is 13.1. The molecule has 16 heavy (non-hydrogen) atoms. The maximum absolute atomic E-state index is 13.1. The minimum Gasteiger partial charge on any atom is -0.325 e. The van der Waals surface area contributed by atoms with Gasteiger partial charge in [0.25, 0.3) is 0 Å². The van der Waals surface area contributed by atoms with E-state index < -0.39 is 0 Å². The van der Waals surface area contributed by atoms with E-state index in [1.807, 2.05) is 6.92 Å². The van der Waals surface area contributed by atoms with Crippen LogP contribution in [-0.4, -0.2) is 5.54 Å². The lowest BCUT2D eigenvalue weighted by molar-refractivity contribution is 0.296. The summed E-state index contributed by atoms with van der Waals surface area (Å²) in [6.45, 7) is 6.21. The average Bonchev–Trinajstić information content (AvgIpc) is 2.23. The predicted molar refractivity (Wildman–Crippen MR) is 67.2 cm³/mol. The molecule has 0 bridgehead atoms. The quantitative estimate of drug-likeness (QED) is 0.856. The Labute approximate surface area is 102 Å². The van der Waals surface area contributed by atoms with Gasteiger partial charge in [-0.15, -0.1) is 0 Å². The first-order valence-corrected chi connectivity index (χ1v) is 5.99. The first kappa shape index (κ1) is 13.5. The van der Waals surface area contributed by atoms with Crippen LogP contribution in [0.15, 0.2) is 18.2 Å². The van der Waals surface area contributed by atoms with Crippen LogP contribution in [0.25, 0.3) is 0 Å². The Morgan fingerprint density at radius 3 is 2.56 bits per heavy atom. The van der Waals surface area contributed by atoms with Crippen molar-refractivity contribution < 1.29 is 4.39 Å². The number of halogens is 2. The molecule has 1 nitrogen and oxygen atoms in total. The third-order valence-electron chi connectivity index (χ3n) is 3.34. The van der Waals surface area contributed by atoms with Gasteiger partial charge in [0, 0.05) is 10.6 Å².